The number of rotatable bonds is 7. The van der Waals surface area contributed by atoms with Crippen LogP contribution in [0.15, 0.2) is 36.7 Å². The number of carbonyl (C=O) groups is 1. The summed E-state index contributed by atoms with van der Waals surface area (Å²) in [7, 11) is 0.567. The van der Waals surface area contributed by atoms with Crippen LogP contribution >= 0.6 is 0 Å². The highest BCUT2D eigenvalue weighted by molar-refractivity contribution is 6.62. The molecule has 2 aromatic carbocycles. The standard InChI is InChI=1S/C24H27BF2N2O5/c1-23(2)24(3,4)34-25(33-23)17-12-18(26)16(10-19(17)27)13-32-22(30)15-6-7-20-21(11-15)29(14-28-20)8-9-31-5/h6-7,10-12,14H,8-9,13H2,1-5H3. The Bertz CT molecular complexity index is 1210. The number of methoxy groups -OCH3 is 1. The average Bonchev–Trinajstić information content (AvgIpc) is 3.28. The summed E-state index contributed by atoms with van der Waals surface area (Å²) in [6, 6.07) is 6.97. The van der Waals surface area contributed by atoms with Crippen LogP contribution in [0.3, 0.4) is 0 Å². The van der Waals surface area contributed by atoms with Gasteiger partial charge in [0.25, 0.3) is 0 Å². The summed E-state index contributed by atoms with van der Waals surface area (Å²) in [5.74, 6) is -2.07. The van der Waals surface area contributed by atoms with Gasteiger partial charge in [0.2, 0.25) is 0 Å². The van der Waals surface area contributed by atoms with Crippen molar-refractivity contribution in [3.05, 3.63) is 59.4 Å². The summed E-state index contributed by atoms with van der Waals surface area (Å²) >= 11 is 0. The highest BCUT2D eigenvalue weighted by Gasteiger charge is 2.52. The largest absolute Gasteiger partial charge is 0.497 e. The fourth-order valence-electron chi connectivity index (χ4n) is 3.64. The van der Waals surface area contributed by atoms with Crippen LogP contribution in [0.25, 0.3) is 11.0 Å². The Hall–Kier alpha value is -2.82. The van der Waals surface area contributed by atoms with E-state index in [1.807, 2.05) is 32.3 Å². The average molecular weight is 472 g/mol. The zero-order valence-corrected chi connectivity index (χ0v) is 19.9. The van der Waals surface area contributed by atoms with Crippen LogP contribution in [0.2, 0.25) is 0 Å². The molecule has 1 fully saturated rings. The zero-order chi connectivity index (χ0) is 24.7. The lowest BCUT2D eigenvalue weighted by Crippen LogP contribution is -2.41. The van der Waals surface area contributed by atoms with Crippen molar-refractivity contribution in [1.29, 1.82) is 0 Å². The first-order chi connectivity index (χ1) is 16.0. The number of fused-ring (bicyclic) bond motifs is 1. The van der Waals surface area contributed by atoms with Gasteiger partial charge in [-0.3, -0.25) is 0 Å². The van der Waals surface area contributed by atoms with Crippen LogP contribution in [0.4, 0.5) is 8.78 Å². The molecule has 3 aromatic rings. The second kappa shape index (κ2) is 9.09. The predicted molar refractivity (Wildman–Crippen MR) is 123 cm³/mol. The maximum Gasteiger partial charge on any atom is 0.497 e. The Labute approximate surface area is 197 Å². The van der Waals surface area contributed by atoms with E-state index in [1.54, 1.807) is 31.6 Å². The van der Waals surface area contributed by atoms with Crippen LogP contribution < -0.4 is 5.46 Å². The Balaban J connectivity index is 1.48. The zero-order valence-electron chi connectivity index (χ0n) is 19.9. The van der Waals surface area contributed by atoms with Gasteiger partial charge in [0.05, 0.1) is 40.7 Å². The van der Waals surface area contributed by atoms with Crippen LogP contribution in [0, 0.1) is 11.6 Å². The van der Waals surface area contributed by atoms with Crippen molar-refractivity contribution in [2.45, 2.75) is 52.0 Å². The Kier molecular flexibility index (Phi) is 6.50. The fourth-order valence-corrected chi connectivity index (χ4v) is 3.64. The third kappa shape index (κ3) is 4.58. The first-order valence-corrected chi connectivity index (χ1v) is 11.0. The predicted octanol–water partition coefficient (Wildman–Crippen LogP) is 3.62. The summed E-state index contributed by atoms with van der Waals surface area (Å²) in [6.45, 7) is 7.96. The molecule has 0 aliphatic carbocycles. The normalized spacial score (nSPS) is 16.9. The molecule has 0 amide bonds. The minimum Gasteiger partial charge on any atom is -0.457 e. The summed E-state index contributed by atoms with van der Waals surface area (Å²) in [5, 5.41) is 0. The number of imidazole rings is 1. The number of carbonyl (C=O) groups excluding carboxylic acids is 1. The SMILES string of the molecule is COCCn1cnc2ccc(C(=O)OCc3cc(F)c(B4OC(C)(C)C(C)(C)O4)cc3F)cc21. The number of ether oxygens (including phenoxy) is 2. The summed E-state index contributed by atoms with van der Waals surface area (Å²) in [4.78, 5) is 16.9. The molecule has 7 nitrogen and oxygen atoms in total. The van der Waals surface area contributed by atoms with Crippen molar-refractivity contribution in [3.63, 3.8) is 0 Å². The molecule has 2 heterocycles. The molecule has 34 heavy (non-hydrogen) atoms. The summed E-state index contributed by atoms with van der Waals surface area (Å²) in [5.41, 5.74) is 0.248. The van der Waals surface area contributed by atoms with Crippen molar-refractivity contribution in [2.75, 3.05) is 13.7 Å². The molecule has 0 unspecified atom stereocenters. The number of benzene rings is 2. The van der Waals surface area contributed by atoms with E-state index in [0.29, 0.717) is 13.2 Å². The van der Waals surface area contributed by atoms with Crippen LogP contribution in [0.1, 0.15) is 43.6 Å². The summed E-state index contributed by atoms with van der Waals surface area (Å²) in [6.07, 6.45) is 1.67. The molecule has 1 aromatic heterocycles. The van der Waals surface area contributed by atoms with Crippen molar-refractivity contribution < 1.29 is 32.4 Å². The van der Waals surface area contributed by atoms with Crippen molar-refractivity contribution >= 4 is 29.6 Å². The van der Waals surface area contributed by atoms with Gasteiger partial charge in [-0.1, -0.05) is 0 Å². The van der Waals surface area contributed by atoms with Crippen molar-refractivity contribution in [1.82, 2.24) is 9.55 Å². The molecule has 1 aliphatic heterocycles. The molecule has 0 N–H and O–H groups in total. The van der Waals surface area contributed by atoms with Gasteiger partial charge in [-0.25, -0.2) is 18.6 Å². The van der Waals surface area contributed by atoms with Gasteiger partial charge in [-0.15, -0.1) is 0 Å². The molecule has 1 saturated heterocycles. The van der Waals surface area contributed by atoms with Crippen molar-refractivity contribution in [2.24, 2.45) is 0 Å². The minimum atomic E-state index is -1.04. The highest BCUT2D eigenvalue weighted by atomic mass is 19.1. The first kappa shape index (κ1) is 24.3. The maximum atomic E-state index is 14.8. The van der Waals surface area contributed by atoms with Gasteiger partial charge < -0.3 is 23.3 Å². The topological polar surface area (TPSA) is 71.8 Å². The van der Waals surface area contributed by atoms with Crippen LogP contribution in [-0.2, 0) is 31.9 Å². The lowest BCUT2D eigenvalue weighted by atomic mass is 9.78. The number of nitrogens with zero attached hydrogens (tertiary/aromatic N) is 2. The van der Waals surface area contributed by atoms with E-state index < -0.39 is 42.5 Å². The quantitative estimate of drug-likeness (QED) is 0.387. The monoisotopic (exact) mass is 472 g/mol. The van der Waals surface area contributed by atoms with Gasteiger partial charge in [0.1, 0.15) is 18.2 Å². The van der Waals surface area contributed by atoms with E-state index in [4.69, 9.17) is 18.8 Å². The molecule has 0 spiro atoms. The third-order valence-electron chi connectivity index (χ3n) is 6.42. The smallest absolute Gasteiger partial charge is 0.457 e. The third-order valence-corrected chi connectivity index (χ3v) is 6.42. The van der Waals surface area contributed by atoms with Crippen molar-refractivity contribution in [3.8, 4) is 0 Å². The molecular weight excluding hydrogens is 445 g/mol. The highest BCUT2D eigenvalue weighted by Crippen LogP contribution is 2.36. The van der Waals surface area contributed by atoms with Gasteiger partial charge in [0, 0.05) is 24.7 Å². The minimum absolute atomic E-state index is 0.0407. The number of hydrogen-bond acceptors (Lipinski definition) is 6. The molecule has 0 atom stereocenters. The molecule has 1 aliphatic rings. The van der Waals surface area contributed by atoms with Crippen LogP contribution in [-0.4, -0.2) is 47.6 Å². The molecule has 10 heteroatoms. The van der Waals surface area contributed by atoms with E-state index in [1.165, 1.54) is 0 Å². The fraction of sp³-hybridized carbons (Fsp3) is 0.417. The molecule has 0 bridgehead atoms. The second-order valence-electron chi connectivity index (χ2n) is 9.26. The molecule has 0 saturated carbocycles. The van der Waals surface area contributed by atoms with Gasteiger partial charge in [-0.2, -0.15) is 0 Å². The molecular formula is C24H27BF2N2O5. The first-order valence-electron chi connectivity index (χ1n) is 11.0. The molecule has 180 valence electrons. The molecule has 4 rings (SSSR count). The second-order valence-corrected chi connectivity index (χ2v) is 9.26. The maximum absolute atomic E-state index is 14.8. The van der Waals surface area contributed by atoms with Gasteiger partial charge in [-0.05, 0) is 58.0 Å². The Morgan fingerprint density at radius 3 is 2.47 bits per heavy atom. The Morgan fingerprint density at radius 1 is 1.09 bits per heavy atom. The van der Waals surface area contributed by atoms with E-state index in [0.717, 1.165) is 23.2 Å². The molecule has 0 radical (unpaired) electrons. The lowest BCUT2D eigenvalue weighted by molar-refractivity contribution is 0.00578. The number of esters is 1. The van der Waals surface area contributed by atoms with Gasteiger partial charge in [0.15, 0.2) is 0 Å². The Morgan fingerprint density at radius 2 is 1.79 bits per heavy atom. The van der Waals surface area contributed by atoms with Gasteiger partial charge >= 0.3 is 13.1 Å². The van der Waals surface area contributed by atoms with E-state index in [-0.39, 0.29) is 16.6 Å². The van der Waals surface area contributed by atoms with E-state index in [9.17, 15) is 13.6 Å². The van der Waals surface area contributed by atoms with E-state index in [2.05, 4.69) is 4.98 Å². The number of halogens is 2. The number of aromatic nitrogens is 2. The van der Waals surface area contributed by atoms with E-state index >= 15 is 0 Å². The van der Waals surface area contributed by atoms with Crippen LogP contribution in [0.5, 0.6) is 0 Å². The lowest BCUT2D eigenvalue weighted by Gasteiger charge is -2.32. The summed E-state index contributed by atoms with van der Waals surface area (Å²) < 4.78 is 53.4. The number of hydrogen-bond donors (Lipinski definition) is 0.